The van der Waals surface area contributed by atoms with E-state index in [0.29, 0.717) is 11.3 Å². The van der Waals surface area contributed by atoms with Crippen LogP contribution in [0.4, 0.5) is 10.5 Å². The van der Waals surface area contributed by atoms with Crippen LogP contribution in [0, 0.1) is 0 Å². The van der Waals surface area contributed by atoms with Crippen LogP contribution in [0.25, 0.3) is 0 Å². The number of carbonyl (C=O) groups excluding carboxylic acids is 5. The lowest BCUT2D eigenvalue weighted by molar-refractivity contribution is -0.147. The van der Waals surface area contributed by atoms with Crippen molar-refractivity contribution in [3.63, 3.8) is 0 Å². The van der Waals surface area contributed by atoms with Crippen molar-refractivity contribution >= 4 is 35.3 Å². The molecule has 1 fully saturated rings. The van der Waals surface area contributed by atoms with E-state index in [4.69, 9.17) is 4.74 Å². The monoisotopic (exact) mass is 375 g/mol. The fourth-order valence-corrected chi connectivity index (χ4v) is 2.53. The quantitative estimate of drug-likeness (QED) is 0.418. The number of Topliss-reactive ketones (excluding diaryl/α,β-unsaturated/α-hetero) is 1. The number of esters is 1. The zero-order chi connectivity index (χ0) is 20.2. The van der Waals surface area contributed by atoms with Gasteiger partial charge in [0.05, 0.1) is 12.1 Å². The van der Waals surface area contributed by atoms with Gasteiger partial charge in [-0.25, -0.2) is 4.79 Å². The molecule has 0 spiro atoms. The molecule has 1 aliphatic heterocycles. The van der Waals surface area contributed by atoms with Crippen LogP contribution in [-0.4, -0.2) is 53.2 Å². The molecule has 1 saturated heterocycles. The molecule has 1 aromatic carbocycles. The van der Waals surface area contributed by atoms with Gasteiger partial charge in [-0.1, -0.05) is 12.1 Å². The number of benzene rings is 1. The molecular formula is C18H21N3O6. The third kappa shape index (κ3) is 4.90. The molecule has 0 aliphatic carbocycles. The van der Waals surface area contributed by atoms with Crippen molar-refractivity contribution < 1.29 is 28.7 Å². The number of imide groups is 1. The minimum Gasteiger partial charge on any atom is -0.456 e. The molecule has 0 radical (unpaired) electrons. The topological polar surface area (TPSA) is 122 Å². The molecule has 0 atom stereocenters. The van der Waals surface area contributed by atoms with Gasteiger partial charge in [0.15, 0.2) is 12.4 Å². The Kier molecular flexibility index (Phi) is 5.94. The zero-order valence-electron chi connectivity index (χ0n) is 15.3. The van der Waals surface area contributed by atoms with E-state index < -0.39 is 36.0 Å². The Morgan fingerprint density at radius 2 is 1.85 bits per heavy atom. The van der Waals surface area contributed by atoms with Crippen LogP contribution >= 0.6 is 0 Å². The lowest BCUT2D eigenvalue weighted by Gasteiger charge is -2.15. The highest BCUT2D eigenvalue weighted by Gasteiger charge is 2.44. The van der Waals surface area contributed by atoms with Crippen LogP contribution < -0.4 is 10.6 Å². The number of para-hydroxylation sites is 1. The maximum atomic E-state index is 12.0. The minimum absolute atomic E-state index is 0.137. The number of carbonyl (C=O) groups is 5. The fourth-order valence-electron chi connectivity index (χ4n) is 2.53. The smallest absolute Gasteiger partial charge is 0.325 e. The van der Waals surface area contributed by atoms with Gasteiger partial charge in [-0.15, -0.1) is 0 Å². The van der Waals surface area contributed by atoms with Crippen molar-refractivity contribution in [1.29, 1.82) is 0 Å². The van der Waals surface area contributed by atoms with E-state index in [1.807, 2.05) is 0 Å². The maximum absolute atomic E-state index is 12.0. The van der Waals surface area contributed by atoms with E-state index in [2.05, 4.69) is 10.6 Å². The average Bonchev–Trinajstić information content (AvgIpc) is 2.79. The summed E-state index contributed by atoms with van der Waals surface area (Å²) in [7, 11) is 0. The van der Waals surface area contributed by atoms with E-state index >= 15 is 0 Å². The number of hydrogen-bond acceptors (Lipinski definition) is 6. The van der Waals surface area contributed by atoms with Crippen molar-refractivity contribution in [2.45, 2.75) is 32.7 Å². The molecule has 2 rings (SSSR count). The lowest BCUT2D eigenvalue weighted by Crippen LogP contribution is -2.40. The van der Waals surface area contributed by atoms with E-state index in [-0.39, 0.29) is 18.7 Å². The molecule has 4 amide bonds. The lowest BCUT2D eigenvalue weighted by atomic mass is 10.1. The number of urea groups is 1. The molecule has 1 aliphatic rings. The van der Waals surface area contributed by atoms with E-state index in [9.17, 15) is 24.0 Å². The Hall–Kier alpha value is -3.23. The molecule has 144 valence electrons. The van der Waals surface area contributed by atoms with Gasteiger partial charge < -0.3 is 15.4 Å². The first kappa shape index (κ1) is 20.1. The molecule has 0 saturated carbocycles. The highest BCUT2D eigenvalue weighted by Crippen LogP contribution is 2.17. The number of nitrogens with one attached hydrogen (secondary N) is 2. The summed E-state index contributed by atoms with van der Waals surface area (Å²) in [6.07, 6.45) is -0.230. The Morgan fingerprint density at radius 3 is 2.44 bits per heavy atom. The highest BCUT2D eigenvalue weighted by atomic mass is 16.5. The number of ketones is 1. The second-order valence-electron chi connectivity index (χ2n) is 6.57. The standard InChI is InChI=1S/C18H21N3O6/c1-11(22)12-6-4-5-7-13(12)19-14(23)10-27-15(24)8-9-21-16(25)18(2,3)20-17(21)26/h4-7H,8-10H2,1-3H3,(H,19,23)(H,20,26). The third-order valence-corrected chi connectivity index (χ3v) is 3.93. The first-order valence-corrected chi connectivity index (χ1v) is 8.31. The number of rotatable bonds is 7. The van der Waals surface area contributed by atoms with Crippen LogP contribution in [-0.2, 0) is 19.1 Å². The van der Waals surface area contributed by atoms with Crippen molar-refractivity contribution in [3.05, 3.63) is 29.8 Å². The zero-order valence-corrected chi connectivity index (χ0v) is 15.3. The first-order valence-electron chi connectivity index (χ1n) is 8.31. The summed E-state index contributed by atoms with van der Waals surface area (Å²) < 4.78 is 4.85. The number of hydrogen-bond donors (Lipinski definition) is 2. The van der Waals surface area contributed by atoms with Gasteiger partial charge in [-0.05, 0) is 32.9 Å². The van der Waals surface area contributed by atoms with Gasteiger partial charge in [0, 0.05) is 12.1 Å². The van der Waals surface area contributed by atoms with Crippen LogP contribution in [0.1, 0.15) is 37.6 Å². The van der Waals surface area contributed by atoms with Crippen LogP contribution in [0.5, 0.6) is 0 Å². The molecular weight excluding hydrogens is 354 g/mol. The Bertz CT molecular complexity index is 802. The number of nitrogens with zero attached hydrogens (tertiary/aromatic N) is 1. The molecule has 0 aromatic heterocycles. The molecule has 2 N–H and O–H groups in total. The van der Waals surface area contributed by atoms with Crippen LogP contribution in [0.2, 0.25) is 0 Å². The highest BCUT2D eigenvalue weighted by molar-refractivity contribution is 6.06. The van der Waals surface area contributed by atoms with Crippen molar-refractivity contribution in [1.82, 2.24) is 10.2 Å². The summed E-state index contributed by atoms with van der Waals surface area (Å²) in [6.45, 7) is 3.82. The largest absolute Gasteiger partial charge is 0.456 e. The molecule has 9 nitrogen and oxygen atoms in total. The molecule has 1 aromatic rings. The van der Waals surface area contributed by atoms with E-state index in [1.165, 1.54) is 6.92 Å². The van der Waals surface area contributed by atoms with Gasteiger partial charge >= 0.3 is 12.0 Å². The first-order chi connectivity index (χ1) is 12.6. The van der Waals surface area contributed by atoms with Gasteiger partial charge in [0.25, 0.3) is 11.8 Å². The summed E-state index contributed by atoms with van der Waals surface area (Å²) >= 11 is 0. The summed E-state index contributed by atoms with van der Waals surface area (Å²) in [6, 6.07) is 5.90. The van der Waals surface area contributed by atoms with Gasteiger partial charge in [0.2, 0.25) is 0 Å². The minimum atomic E-state index is -1.01. The fraction of sp³-hybridized carbons (Fsp3) is 0.389. The molecule has 0 bridgehead atoms. The van der Waals surface area contributed by atoms with Crippen molar-refractivity contribution in [2.24, 2.45) is 0 Å². The van der Waals surface area contributed by atoms with E-state index in [1.54, 1.807) is 38.1 Å². The van der Waals surface area contributed by atoms with Gasteiger partial charge in [0.1, 0.15) is 5.54 Å². The number of amides is 4. The second kappa shape index (κ2) is 7.98. The number of ether oxygens (including phenoxy) is 1. The maximum Gasteiger partial charge on any atom is 0.325 e. The summed E-state index contributed by atoms with van der Waals surface area (Å²) in [4.78, 5) is 59.9. The summed E-state index contributed by atoms with van der Waals surface area (Å²) in [5.74, 6) is -1.97. The SMILES string of the molecule is CC(=O)c1ccccc1NC(=O)COC(=O)CCN1C(=O)NC(C)(C)C1=O. The Labute approximate surface area is 156 Å². The third-order valence-electron chi connectivity index (χ3n) is 3.93. The average molecular weight is 375 g/mol. The van der Waals surface area contributed by atoms with Crippen molar-refractivity contribution in [2.75, 3.05) is 18.5 Å². The van der Waals surface area contributed by atoms with Gasteiger partial charge in [-0.3, -0.25) is 24.1 Å². The van der Waals surface area contributed by atoms with Crippen LogP contribution in [0.15, 0.2) is 24.3 Å². The molecule has 0 unspecified atom stereocenters. The summed E-state index contributed by atoms with van der Waals surface area (Å²) in [5.41, 5.74) is -0.337. The van der Waals surface area contributed by atoms with Gasteiger partial charge in [-0.2, -0.15) is 0 Å². The Balaban J connectivity index is 1.81. The Morgan fingerprint density at radius 1 is 1.19 bits per heavy atom. The number of anilines is 1. The molecule has 1 heterocycles. The predicted molar refractivity (Wildman–Crippen MR) is 95.0 cm³/mol. The predicted octanol–water partition coefficient (Wildman–Crippen LogP) is 1.09. The second-order valence-corrected chi connectivity index (χ2v) is 6.57. The molecule has 27 heavy (non-hydrogen) atoms. The molecule has 9 heteroatoms. The normalized spacial score (nSPS) is 15.3. The van der Waals surface area contributed by atoms with Crippen molar-refractivity contribution in [3.8, 4) is 0 Å². The van der Waals surface area contributed by atoms with Crippen LogP contribution in [0.3, 0.4) is 0 Å². The summed E-state index contributed by atoms with van der Waals surface area (Å²) in [5, 5.41) is 5.01. The van der Waals surface area contributed by atoms with E-state index in [0.717, 1.165) is 4.90 Å².